The van der Waals surface area contributed by atoms with E-state index in [1.165, 1.54) is 5.56 Å². The van der Waals surface area contributed by atoms with Crippen molar-refractivity contribution in [2.24, 2.45) is 0 Å². The lowest BCUT2D eigenvalue weighted by atomic mass is 9.74. The van der Waals surface area contributed by atoms with Crippen LogP contribution in [0.1, 0.15) is 62.4 Å². The first-order valence-corrected chi connectivity index (χ1v) is 7.44. The van der Waals surface area contributed by atoms with Gasteiger partial charge in [-0.05, 0) is 69.6 Å². The molecule has 1 aliphatic carbocycles. The Labute approximate surface area is 125 Å². The Hall–Kier alpha value is -1.33. The molecule has 0 aromatic heterocycles. The summed E-state index contributed by atoms with van der Waals surface area (Å²) in [6.45, 7) is 8.02. The van der Waals surface area contributed by atoms with Crippen LogP contribution in [0, 0.1) is 0 Å². The molecular formula is C16H21BO4. The van der Waals surface area contributed by atoms with E-state index in [2.05, 4.69) is 0 Å². The van der Waals surface area contributed by atoms with Crippen LogP contribution < -0.4 is 5.46 Å². The molecule has 2 aliphatic rings. The molecule has 0 unspecified atom stereocenters. The van der Waals surface area contributed by atoms with Crippen molar-refractivity contribution in [3.8, 4) is 0 Å². The second-order valence-corrected chi connectivity index (χ2v) is 7.01. The van der Waals surface area contributed by atoms with Gasteiger partial charge in [-0.15, -0.1) is 0 Å². The van der Waals surface area contributed by atoms with E-state index in [-0.39, 0.29) is 5.56 Å². The van der Waals surface area contributed by atoms with Crippen molar-refractivity contribution in [3.05, 3.63) is 29.3 Å². The molecule has 1 heterocycles. The zero-order valence-corrected chi connectivity index (χ0v) is 13.0. The van der Waals surface area contributed by atoms with E-state index >= 15 is 0 Å². The van der Waals surface area contributed by atoms with Gasteiger partial charge in [0.25, 0.3) is 0 Å². The number of carboxylic acid groups (broad SMARTS) is 1. The molecule has 2 fully saturated rings. The predicted octanol–water partition coefficient (Wildman–Crippen LogP) is 2.56. The van der Waals surface area contributed by atoms with Gasteiger partial charge in [-0.3, -0.25) is 0 Å². The van der Waals surface area contributed by atoms with Gasteiger partial charge in [-0.25, -0.2) is 4.79 Å². The van der Waals surface area contributed by atoms with Gasteiger partial charge in [0.15, 0.2) is 0 Å². The van der Waals surface area contributed by atoms with Crippen LogP contribution in [0.3, 0.4) is 0 Å². The molecule has 1 aromatic carbocycles. The maximum Gasteiger partial charge on any atom is 0.495 e. The Balaban J connectivity index is 2.01. The van der Waals surface area contributed by atoms with Crippen molar-refractivity contribution >= 4 is 18.6 Å². The van der Waals surface area contributed by atoms with Gasteiger partial charge in [0.05, 0.1) is 16.8 Å². The molecule has 1 saturated heterocycles. The Kier molecular flexibility index (Phi) is 3.19. The highest BCUT2D eigenvalue weighted by Crippen LogP contribution is 2.41. The van der Waals surface area contributed by atoms with Crippen molar-refractivity contribution < 1.29 is 19.2 Å². The normalized spacial score (nSPS) is 23.3. The monoisotopic (exact) mass is 288 g/mol. The quantitative estimate of drug-likeness (QED) is 0.868. The highest BCUT2D eigenvalue weighted by Gasteiger charge is 2.52. The van der Waals surface area contributed by atoms with Gasteiger partial charge in [0.2, 0.25) is 0 Å². The minimum Gasteiger partial charge on any atom is -0.478 e. The standard InChI is InChI=1S/C16H21BO4/c1-15(2)16(3,4)21-17(20-15)13-9-11(14(18)19)7-8-12(13)10-5-6-10/h7-10H,5-6H2,1-4H3,(H,18,19). The molecule has 1 aromatic rings. The summed E-state index contributed by atoms with van der Waals surface area (Å²) in [6.07, 6.45) is 2.30. The third kappa shape index (κ3) is 2.49. The molecule has 1 saturated carbocycles. The average molecular weight is 288 g/mol. The maximum absolute atomic E-state index is 11.2. The van der Waals surface area contributed by atoms with Gasteiger partial charge in [0, 0.05) is 0 Å². The fraction of sp³-hybridized carbons (Fsp3) is 0.562. The summed E-state index contributed by atoms with van der Waals surface area (Å²) >= 11 is 0. The third-order valence-corrected chi connectivity index (χ3v) is 4.86. The smallest absolute Gasteiger partial charge is 0.478 e. The molecule has 0 spiro atoms. The SMILES string of the molecule is CC1(C)OB(c2cc(C(=O)O)ccc2C2CC2)OC1(C)C. The number of benzene rings is 1. The van der Waals surface area contributed by atoms with Crippen LogP contribution in [-0.4, -0.2) is 29.4 Å². The Morgan fingerprint density at radius 3 is 2.24 bits per heavy atom. The Morgan fingerprint density at radius 1 is 1.19 bits per heavy atom. The predicted molar refractivity (Wildman–Crippen MR) is 81.1 cm³/mol. The highest BCUT2D eigenvalue weighted by molar-refractivity contribution is 6.62. The van der Waals surface area contributed by atoms with Crippen LogP contribution in [0.5, 0.6) is 0 Å². The van der Waals surface area contributed by atoms with Crippen LogP contribution in [0.15, 0.2) is 18.2 Å². The van der Waals surface area contributed by atoms with Gasteiger partial charge < -0.3 is 14.4 Å². The van der Waals surface area contributed by atoms with Gasteiger partial charge >= 0.3 is 13.1 Å². The topological polar surface area (TPSA) is 55.8 Å². The first-order valence-electron chi connectivity index (χ1n) is 7.44. The van der Waals surface area contributed by atoms with Crippen molar-refractivity contribution in [2.45, 2.75) is 57.7 Å². The molecule has 1 N–H and O–H groups in total. The molecule has 0 radical (unpaired) electrons. The molecule has 4 nitrogen and oxygen atoms in total. The van der Waals surface area contributed by atoms with Crippen molar-refractivity contribution in [2.75, 3.05) is 0 Å². The van der Waals surface area contributed by atoms with Gasteiger partial charge in [-0.1, -0.05) is 6.07 Å². The van der Waals surface area contributed by atoms with Crippen LogP contribution in [0.2, 0.25) is 0 Å². The molecule has 1 aliphatic heterocycles. The number of carbonyl (C=O) groups is 1. The summed E-state index contributed by atoms with van der Waals surface area (Å²) in [5.41, 5.74) is 1.48. The van der Waals surface area contributed by atoms with Crippen LogP contribution in [-0.2, 0) is 9.31 Å². The fourth-order valence-corrected chi connectivity index (χ4v) is 2.65. The molecule has 21 heavy (non-hydrogen) atoms. The van der Waals surface area contributed by atoms with Crippen LogP contribution in [0.25, 0.3) is 0 Å². The van der Waals surface area contributed by atoms with Crippen molar-refractivity contribution in [1.29, 1.82) is 0 Å². The molecule has 3 rings (SSSR count). The average Bonchev–Trinajstić information content (AvgIpc) is 3.17. The number of carboxylic acids is 1. The lowest BCUT2D eigenvalue weighted by Crippen LogP contribution is -2.41. The molecule has 0 atom stereocenters. The van der Waals surface area contributed by atoms with Crippen LogP contribution >= 0.6 is 0 Å². The zero-order valence-electron chi connectivity index (χ0n) is 13.0. The lowest BCUT2D eigenvalue weighted by Gasteiger charge is -2.32. The summed E-state index contributed by atoms with van der Waals surface area (Å²) in [7, 11) is -0.495. The molecule has 5 heteroatoms. The first kappa shape index (κ1) is 14.6. The van der Waals surface area contributed by atoms with E-state index < -0.39 is 24.3 Å². The first-order chi connectivity index (χ1) is 9.71. The van der Waals surface area contributed by atoms with E-state index in [0.717, 1.165) is 18.3 Å². The van der Waals surface area contributed by atoms with Crippen molar-refractivity contribution in [1.82, 2.24) is 0 Å². The Bertz CT molecular complexity index is 574. The second-order valence-electron chi connectivity index (χ2n) is 7.01. The summed E-state index contributed by atoms with van der Waals surface area (Å²) in [5.74, 6) is -0.406. The number of hydrogen-bond acceptors (Lipinski definition) is 3. The van der Waals surface area contributed by atoms with Crippen LogP contribution in [0.4, 0.5) is 0 Å². The van der Waals surface area contributed by atoms with E-state index in [1.54, 1.807) is 12.1 Å². The van der Waals surface area contributed by atoms with Gasteiger partial charge in [-0.2, -0.15) is 0 Å². The zero-order chi connectivity index (χ0) is 15.4. The molecule has 0 amide bonds. The summed E-state index contributed by atoms with van der Waals surface area (Å²) < 4.78 is 12.2. The Morgan fingerprint density at radius 2 is 1.76 bits per heavy atom. The maximum atomic E-state index is 11.2. The minimum absolute atomic E-state index is 0.282. The van der Waals surface area contributed by atoms with E-state index in [4.69, 9.17) is 9.31 Å². The number of rotatable bonds is 3. The molecule has 0 bridgehead atoms. The van der Waals surface area contributed by atoms with Crippen molar-refractivity contribution in [3.63, 3.8) is 0 Å². The number of aromatic carboxylic acids is 1. The molecular weight excluding hydrogens is 267 g/mol. The highest BCUT2D eigenvalue weighted by atomic mass is 16.7. The summed E-state index contributed by atoms with van der Waals surface area (Å²) in [4.78, 5) is 11.2. The lowest BCUT2D eigenvalue weighted by molar-refractivity contribution is 0.00578. The number of hydrogen-bond donors (Lipinski definition) is 1. The van der Waals surface area contributed by atoms with E-state index in [0.29, 0.717) is 5.92 Å². The van der Waals surface area contributed by atoms with Gasteiger partial charge in [0.1, 0.15) is 0 Å². The third-order valence-electron chi connectivity index (χ3n) is 4.86. The summed E-state index contributed by atoms with van der Waals surface area (Å²) in [6, 6.07) is 5.30. The second kappa shape index (κ2) is 4.58. The van der Waals surface area contributed by atoms with E-state index in [9.17, 15) is 9.90 Å². The molecule has 112 valence electrons. The fourth-order valence-electron chi connectivity index (χ4n) is 2.65. The van der Waals surface area contributed by atoms with E-state index in [1.807, 2.05) is 33.8 Å². The summed E-state index contributed by atoms with van der Waals surface area (Å²) in [5, 5.41) is 9.22. The largest absolute Gasteiger partial charge is 0.495 e. The minimum atomic E-state index is -0.921.